The molecule has 0 aliphatic carbocycles. The molecule has 0 radical (unpaired) electrons. The summed E-state index contributed by atoms with van der Waals surface area (Å²) in [7, 11) is 0. The van der Waals surface area contributed by atoms with Crippen LogP contribution >= 0.6 is 22.9 Å². The Kier molecular flexibility index (Phi) is 2.75. The van der Waals surface area contributed by atoms with Gasteiger partial charge in [0.2, 0.25) is 0 Å². The molecule has 0 bridgehead atoms. The lowest BCUT2D eigenvalue weighted by Gasteiger charge is -1.99. The van der Waals surface area contributed by atoms with Crippen molar-refractivity contribution in [2.24, 2.45) is 5.92 Å². The van der Waals surface area contributed by atoms with Gasteiger partial charge in [-0.05, 0) is 29.3 Å². The average molecular weight is 175 g/mol. The van der Waals surface area contributed by atoms with Crippen LogP contribution in [0.25, 0.3) is 0 Å². The normalized spacial score (nSPS) is 10.8. The minimum Gasteiger partial charge on any atom is -0.132 e. The molecule has 0 aliphatic rings. The first kappa shape index (κ1) is 8.09. The van der Waals surface area contributed by atoms with Crippen LogP contribution in [0.4, 0.5) is 0 Å². The Morgan fingerprint density at radius 3 is 2.70 bits per heavy atom. The fourth-order valence-electron chi connectivity index (χ4n) is 0.924. The maximum Gasteiger partial charge on any atom is 0.0931 e. The van der Waals surface area contributed by atoms with E-state index in [1.54, 1.807) is 11.3 Å². The van der Waals surface area contributed by atoms with Crippen LogP contribution in [0.3, 0.4) is 0 Å². The number of halogens is 1. The van der Waals surface area contributed by atoms with E-state index in [1.807, 2.05) is 6.07 Å². The van der Waals surface area contributed by atoms with Crippen molar-refractivity contribution in [3.05, 3.63) is 21.3 Å². The topological polar surface area (TPSA) is 0 Å². The summed E-state index contributed by atoms with van der Waals surface area (Å²) in [5.41, 5.74) is 1.37. The lowest BCUT2D eigenvalue weighted by atomic mass is 10.1. The van der Waals surface area contributed by atoms with Crippen molar-refractivity contribution in [3.63, 3.8) is 0 Å². The highest BCUT2D eigenvalue weighted by molar-refractivity contribution is 7.14. The number of hydrogen-bond acceptors (Lipinski definition) is 1. The summed E-state index contributed by atoms with van der Waals surface area (Å²) in [6.07, 6.45) is 1.14. The molecule has 0 aliphatic heterocycles. The highest BCUT2D eigenvalue weighted by Gasteiger charge is 1.99. The van der Waals surface area contributed by atoms with Gasteiger partial charge in [-0.3, -0.25) is 0 Å². The summed E-state index contributed by atoms with van der Waals surface area (Å²) in [4.78, 5) is 0. The molecule has 0 spiro atoms. The second-order valence-electron chi connectivity index (χ2n) is 2.86. The van der Waals surface area contributed by atoms with Crippen molar-refractivity contribution in [1.82, 2.24) is 0 Å². The Bertz CT molecular complexity index is 203. The van der Waals surface area contributed by atoms with Crippen LogP contribution in [0.2, 0.25) is 4.34 Å². The SMILES string of the molecule is CC(C)Cc1csc(Cl)c1. The maximum atomic E-state index is 5.76. The summed E-state index contributed by atoms with van der Waals surface area (Å²) < 4.78 is 0.899. The van der Waals surface area contributed by atoms with Gasteiger partial charge in [-0.1, -0.05) is 25.4 Å². The Hall–Kier alpha value is -0.0100. The molecular formula is C8H11ClS. The molecule has 1 aromatic heterocycles. The van der Waals surface area contributed by atoms with Gasteiger partial charge in [-0.15, -0.1) is 11.3 Å². The molecule has 1 aromatic rings. The molecule has 0 nitrogen and oxygen atoms in total. The van der Waals surface area contributed by atoms with Crippen molar-refractivity contribution in [2.45, 2.75) is 20.3 Å². The van der Waals surface area contributed by atoms with E-state index >= 15 is 0 Å². The minimum absolute atomic E-state index is 0.727. The molecule has 2 heteroatoms. The molecular weight excluding hydrogens is 164 g/mol. The van der Waals surface area contributed by atoms with Crippen LogP contribution in [-0.4, -0.2) is 0 Å². The summed E-state index contributed by atoms with van der Waals surface area (Å²) in [6, 6.07) is 2.05. The van der Waals surface area contributed by atoms with Crippen LogP contribution in [0.1, 0.15) is 19.4 Å². The second kappa shape index (κ2) is 3.40. The van der Waals surface area contributed by atoms with Crippen LogP contribution in [0, 0.1) is 5.92 Å². The molecule has 56 valence electrons. The van der Waals surface area contributed by atoms with E-state index in [0.29, 0.717) is 0 Å². The molecule has 0 saturated carbocycles. The summed E-state index contributed by atoms with van der Waals surface area (Å²) in [6.45, 7) is 4.43. The van der Waals surface area contributed by atoms with Gasteiger partial charge in [0.25, 0.3) is 0 Å². The molecule has 1 rings (SSSR count). The van der Waals surface area contributed by atoms with Crippen molar-refractivity contribution < 1.29 is 0 Å². The van der Waals surface area contributed by atoms with Gasteiger partial charge in [-0.2, -0.15) is 0 Å². The number of rotatable bonds is 2. The van der Waals surface area contributed by atoms with E-state index in [4.69, 9.17) is 11.6 Å². The van der Waals surface area contributed by atoms with Crippen LogP contribution < -0.4 is 0 Å². The molecule has 0 aromatic carbocycles. The predicted octanol–water partition coefficient (Wildman–Crippen LogP) is 3.60. The zero-order chi connectivity index (χ0) is 7.56. The Balaban J connectivity index is 2.58. The molecule has 10 heavy (non-hydrogen) atoms. The van der Waals surface area contributed by atoms with Crippen molar-refractivity contribution in [3.8, 4) is 0 Å². The van der Waals surface area contributed by atoms with Gasteiger partial charge >= 0.3 is 0 Å². The summed E-state index contributed by atoms with van der Waals surface area (Å²) >= 11 is 7.37. The lowest BCUT2D eigenvalue weighted by molar-refractivity contribution is 0.649. The highest BCUT2D eigenvalue weighted by atomic mass is 35.5. The van der Waals surface area contributed by atoms with Crippen LogP contribution in [0.5, 0.6) is 0 Å². The predicted molar refractivity (Wildman–Crippen MR) is 47.9 cm³/mol. The van der Waals surface area contributed by atoms with Crippen molar-refractivity contribution in [2.75, 3.05) is 0 Å². The Morgan fingerprint density at radius 1 is 1.60 bits per heavy atom. The van der Waals surface area contributed by atoms with Gasteiger partial charge in [-0.25, -0.2) is 0 Å². The number of thiophene rings is 1. The lowest BCUT2D eigenvalue weighted by Crippen LogP contribution is -1.90. The summed E-state index contributed by atoms with van der Waals surface area (Å²) in [5.74, 6) is 0.727. The van der Waals surface area contributed by atoms with Gasteiger partial charge in [0.1, 0.15) is 0 Å². The maximum absolute atomic E-state index is 5.76. The fraction of sp³-hybridized carbons (Fsp3) is 0.500. The minimum atomic E-state index is 0.727. The van der Waals surface area contributed by atoms with Gasteiger partial charge in [0.05, 0.1) is 4.34 Å². The molecule has 0 amide bonds. The van der Waals surface area contributed by atoms with Gasteiger partial charge in [0, 0.05) is 0 Å². The monoisotopic (exact) mass is 174 g/mol. The van der Waals surface area contributed by atoms with Crippen LogP contribution in [-0.2, 0) is 6.42 Å². The third-order valence-corrected chi connectivity index (χ3v) is 2.41. The van der Waals surface area contributed by atoms with E-state index < -0.39 is 0 Å². The fourth-order valence-corrected chi connectivity index (χ4v) is 1.85. The first-order valence-corrected chi connectivity index (χ1v) is 4.67. The molecule has 0 N–H and O–H groups in total. The van der Waals surface area contributed by atoms with Gasteiger partial charge in [0.15, 0.2) is 0 Å². The van der Waals surface area contributed by atoms with E-state index in [0.717, 1.165) is 16.7 Å². The summed E-state index contributed by atoms with van der Waals surface area (Å²) in [5, 5.41) is 2.13. The highest BCUT2D eigenvalue weighted by Crippen LogP contribution is 2.21. The van der Waals surface area contributed by atoms with Crippen molar-refractivity contribution in [1.29, 1.82) is 0 Å². The van der Waals surface area contributed by atoms with E-state index in [1.165, 1.54) is 5.56 Å². The first-order valence-electron chi connectivity index (χ1n) is 3.41. The first-order chi connectivity index (χ1) is 4.68. The molecule has 0 unspecified atom stereocenters. The van der Waals surface area contributed by atoms with E-state index in [9.17, 15) is 0 Å². The smallest absolute Gasteiger partial charge is 0.0931 e. The zero-order valence-corrected chi connectivity index (χ0v) is 7.80. The van der Waals surface area contributed by atoms with Crippen molar-refractivity contribution >= 4 is 22.9 Å². The van der Waals surface area contributed by atoms with Gasteiger partial charge < -0.3 is 0 Å². The largest absolute Gasteiger partial charge is 0.132 e. The number of hydrogen-bond donors (Lipinski definition) is 0. The quantitative estimate of drug-likeness (QED) is 0.643. The Labute approximate surface area is 70.8 Å². The standard InChI is InChI=1S/C8H11ClS/c1-6(2)3-7-4-8(9)10-5-7/h4-6H,3H2,1-2H3. The van der Waals surface area contributed by atoms with Crippen LogP contribution in [0.15, 0.2) is 11.4 Å². The Morgan fingerprint density at radius 2 is 2.30 bits per heavy atom. The molecule has 0 saturated heterocycles. The molecule has 0 fully saturated rings. The third kappa shape index (κ3) is 2.31. The second-order valence-corrected chi connectivity index (χ2v) is 4.40. The third-order valence-electron chi connectivity index (χ3n) is 1.27. The zero-order valence-electron chi connectivity index (χ0n) is 6.23. The van der Waals surface area contributed by atoms with E-state index in [-0.39, 0.29) is 0 Å². The molecule has 0 atom stereocenters. The average Bonchev–Trinajstić information content (AvgIpc) is 2.13. The molecule has 1 heterocycles. The van der Waals surface area contributed by atoms with E-state index in [2.05, 4.69) is 19.2 Å².